The van der Waals surface area contributed by atoms with Gasteiger partial charge in [-0.05, 0) is 0 Å². The summed E-state index contributed by atoms with van der Waals surface area (Å²) in [5, 5.41) is 15.1. The number of rotatable bonds is 1. The van der Waals surface area contributed by atoms with Crippen molar-refractivity contribution in [2.45, 2.75) is 0 Å². The Kier molecular flexibility index (Phi) is 2.08. The van der Waals surface area contributed by atoms with Crippen LogP contribution in [0.2, 0.25) is 0 Å². The second-order valence-corrected chi connectivity index (χ2v) is 4.36. The molecule has 0 aliphatic heterocycles. The molecule has 0 spiro atoms. The van der Waals surface area contributed by atoms with E-state index in [1.165, 1.54) is 0 Å². The Morgan fingerprint density at radius 2 is 1.58 bits per heavy atom. The lowest BCUT2D eigenvalue weighted by Crippen LogP contribution is -1.94. The molecule has 90 valence electrons. The first-order valence-corrected chi connectivity index (χ1v) is 6.08. The van der Waals surface area contributed by atoms with Crippen LogP contribution in [0.15, 0.2) is 60.8 Å². The van der Waals surface area contributed by atoms with Crippen molar-refractivity contribution in [3.8, 4) is 11.4 Å². The third kappa shape index (κ3) is 1.50. The van der Waals surface area contributed by atoms with Crippen LogP contribution in [0.4, 0.5) is 0 Å². The van der Waals surface area contributed by atoms with E-state index in [0.717, 1.165) is 27.8 Å². The SMILES string of the molecule is c1ccc(-c2nnc3c4ccccc4cnn23)cc1. The Bertz CT molecular complexity index is 865. The van der Waals surface area contributed by atoms with Crippen molar-refractivity contribution < 1.29 is 0 Å². The van der Waals surface area contributed by atoms with Crippen molar-refractivity contribution in [2.24, 2.45) is 0 Å². The largest absolute Gasteiger partial charge is 0.192 e. The minimum Gasteiger partial charge on any atom is -0.192 e. The third-order valence-corrected chi connectivity index (χ3v) is 3.19. The molecule has 0 aliphatic carbocycles. The number of hydrogen-bond donors (Lipinski definition) is 0. The predicted molar refractivity (Wildman–Crippen MR) is 73.7 cm³/mol. The van der Waals surface area contributed by atoms with E-state index in [2.05, 4.69) is 15.3 Å². The molecule has 0 N–H and O–H groups in total. The van der Waals surface area contributed by atoms with Gasteiger partial charge in [0.1, 0.15) is 0 Å². The first-order chi connectivity index (χ1) is 9.43. The van der Waals surface area contributed by atoms with Crippen molar-refractivity contribution in [1.82, 2.24) is 19.8 Å². The van der Waals surface area contributed by atoms with E-state index in [-0.39, 0.29) is 0 Å². The minimum atomic E-state index is 0.765. The molecule has 0 unspecified atom stereocenters. The van der Waals surface area contributed by atoms with Gasteiger partial charge in [-0.2, -0.15) is 9.61 Å². The molecule has 4 aromatic rings. The number of benzene rings is 2. The molecule has 4 nitrogen and oxygen atoms in total. The smallest absolute Gasteiger partial charge is 0.186 e. The molecule has 0 fully saturated rings. The van der Waals surface area contributed by atoms with Crippen LogP contribution in [0.1, 0.15) is 0 Å². The molecule has 0 saturated heterocycles. The van der Waals surface area contributed by atoms with Crippen LogP contribution in [-0.4, -0.2) is 19.8 Å². The lowest BCUT2D eigenvalue weighted by atomic mass is 10.2. The highest BCUT2D eigenvalue weighted by molar-refractivity contribution is 5.93. The van der Waals surface area contributed by atoms with Crippen LogP contribution in [-0.2, 0) is 0 Å². The van der Waals surface area contributed by atoms with Gasteiger partial charge in [-0.25, -0.2) is 0 Å². The summed E-state index contributed by atoms with van der Waals surface area (Å²) >= 11 is 0. The fraction of sp³-hybridized carbons (Fsp3) is 0. The maximum atomic E-state index is 4.44. The average Bonchev–Trinajstić information content (AvgIpc) is 2.92. The molecular weight excluding hydrogens is 236 g/mol. The van der Waals surface area contributed by atoms with E-state index in [1.54, 1.807) is 4.52 Å². The van der Waals surface area contributed by atoms with Gasteiger partial charge in [0.05, 0.1) is 6.20 Å². The zero-order valence-corrected chi connectivity index (χ0v) is 10.1. The van der Waals surface area contributed by atoms with E-state index < -0.39 is 0 Å². The van der Waals surface area contributed by atoms with Gasteiger partial charge in [0.15, 0.2) is 11.5 Å². The molecule has 4 rings (SSSR count). The lowest BCUT2D eigenvalue weighted by Gasteiger charge is -2.01. The van der Waals surface area contributed by atoms with E-state index in [1.807, 2.05) is 60.8 Å². The number of aromatic nitrogens is 4. The van der Waals surface area contributed by atoms with Gasteiger partial charge < -0.3 is 0 Å². The van der Waals surface area contributed by atoms with Crippen LogP contribution in [0.25, 0.3) is 27.8 Å². The summed E-state index contributed by atoms with van der Waals surface area (Å²) in [5.74, 6) is 0.765. The molecule has 19 heavy (non-hydrogen) atoms. The molecule has 0 amide bonds. The molecule has 2 heterocycles. The van der Waals surface area contributed by atoms with Crippen LogP contribution in [0.3, 0.4) is 0 Å². The first kappa shape index (κ1) is 10.2. The Labute approximate surface area is 109 Å². The van der Waals surface area contributed by atoms with Crippen molar-refractivity contribution in [2.75, 3.05) is 0 Å². The van der Waals surface area contributed by atoms with Gasteiger partial charge in [0.25, 0.3) is 0 Å². The summed E-state index contributed by atoms with van der Waals surface area (Å²) in [4.78, 5) is 0. The molecule has 0 atom stereocenters. The summed E-state index contributed by atoms with van der Waals surface area (Å²) in [6, 6.07) is 18.0. The number of fused-ring (bicyclic) bond motifs is 3. The van der Waals surface area contributed by atoms with Crippen molar-refractivity contribution >= 4 is 16.4 Å². The van der Waals surface area contributed by atoms with Crippen molar-refractivity contribution in [1.29, 1.82) is 0 Å². The Morgan fingerprint density at radius 3 is 2.47 bits per heavy atom. The van der Waals surface area contributed by atoms with Gasteiger partial charge in [-0.3, -0.25) is 0 Å². The maximum Gasteiger partial charge on any atom is 0.186 e. The zero-order chi connectivity index (χ0) is 12.7. The average molecular weight is 246 g/mol. The van der Waals surface area contributed by atoms with Crippen molar-refractivity contribution in [3.63, 3.8) is 0 Å². The van der Waals surface area contributed by atoms with E-state index >= 15 is 0 Å². The van der Waals surface area contributed by atoms with Crippen LogP contribution < -0.4 is 0 Å². The second kappa shape index (κ2) is 3.88. The Morgan fingerprint density at radius 1 is 0.789 bits per heavy atom. The van der Waals surface area contributed by atoms with Crippen LogP contribution in [0.5, 0.6) is 0 Å². The summed E-state index contributed by atoms with van der Waals surface area (Å²) in [6.45, 7) is 0. The van der Waals surface area contributed by atoms with Crippen LogP contribution >= 0.6 is 0 Å². The van der Waals surface area contributed by atoms with Gasteiger partial charge >= 0.3 is 0 Å². The second-order valence-electron chi connectivity index (χ2n) is 4.36. The maximum absolute atomic E-state index is 4.44. The van der Waals surface area contributed by atoms with E-state index in [9.17, 15) is 0 Å². The topological polar surface area (TPSA) is 43.1 Å². The van der Waals surface area contributed by atoms with Gasteiger partial charge in [0.2, 0.25) is 0 Å². The lowest BCUT2D eigenvalue weighted by molar-refractivity contribution is 0.946. The van der Waals surface area contributed by atoms with Crippen LogP contribution in [0, 0.1) is 0 Å². The minimum absolute atomic E-state index is 0.765. The summed E-state index contributed by atoms with van der Waals surface area (Å²) in [6.07, 6.45) is 1.85. The normalized spacial score (nSPS) is 11.2. The Hall–Kier alpha value is -2.75. The van der Waals surface area contributed by atoms with E-state index in [4.69, 9.17) is 0 Å². The molecule has 4 heteroatoms. The summed E-state index contributed by atoms with van der Waals surface area (Å²) in [7, 11) is 0. The zero-order valence-electron chi connectivity index (χ0n) is 10.1. The molecule has 2 aromatic carbocycles. The number of hydrogen-bond acceptors (Lipinski definition) is 3. The summed E-state index contributed by atoms with van der Waals surface area (Å²) in [5.41, 5.74) is 1.80. The quantitative estimate of drug-likeness (QED) is 0.518. The highest BCUT2D eigenvalue weighted by Crippen LogP contribution is 2.21. The highest BCUT2D eigenvalue weighted by Gasteiger charge is 2.10. The highest BCUT2D eigenvalue weighted by atomic mass is 15.4. The predicted octanol–water partition coefficient (Wildman–Crippen LogP) is 2.94. The standard InChI is InChI=1S/C15H10N4/c1-2-6-11(7-3-1)14-17-18-15-13-9-5-4-8-12(13)10-16-19(14)15/h1-10H. The molecule has 0 radical (unpaired) electrons. The van der Waals surface area contributed by atoms with Gasteiger partial charge in [-0.15, -0.1) is 10.2 Å². The monoisotopic (exact) mass is 246 g/mol. The third-order valence-electron chi connectivity index (χ3n) is 3.19. The Balaban J connectivity index is 2.08. The molecular formula is C15H10N4. The molecule has 0 aliphatic rings. The molecule has 0 saturated carbocycles. The number of nitrogens with zero attached hydrogens (tertiary/aromatic N) is 4. The fourth-order valence-electron chi connectivity index (χ4n) is 2.26. The fourth-order valence-corrected chi connectivity index (χ4v) is 2.26. The first-order valence-electron chi connectivity index (χ1n) is 6.08. The molecule has 2 aromatic heterocycles. The van der Waals surface area contributed by atoms with Gasteiger partial charge in [0, 0.05) is 16.3 Å². The van der Waals surface area contributed by atoms with Gasteiger partial charge in [-0.1, -0.05) is 54.6 Å². The molecule has 0 bridgehead atoms. The summed E-state index contributed by atoms with van der Waals surface area (Å²) < 4.78 is 1.79. The van der Waals surface area contributed by atoms with Crippen molar-refractivity contribution in [3.05, 3.63) is 60.8 Å². The van der Waals surface area contributed by atoms with E-state index in [0.29, 0.717) is 0 Å².